The van der Waals surface area contributed by atoms with Crippen molar-refractivity contribution in [2.24, 2.45) is 0 Å². The highest BCUT2D eigenvalue weighted by Gasteiger charge is 2.06. The Morgan fingerprint density at radius 3 is 2.42 bits per heavy atom. The molecule has 0 heterocycles. The molecule has 2 rings (SSSR count). The first-order valence-electron chi connectivity index (χ1n) is 6.00. The van der Waals surface area contributed by atoms with Crippen molar-refractivity contribution in [3.05, 3.63) is 64.1 Å². The molecule has 1 unspecified atom stereocenters. The van der Waals surface area contributed by atoms with E-state index in [0.717, 1.165) is 17.7 Å². The fourth-order valence-corrected chi connectivity index (χ4v) is 2.27. The SMILES string of the molecule is CC(Cc1ccc(F)cc1)Nc1ccc(F)c(Br)c1. The van der Waals surface area contributed by atoms with Gasteiger partial charge in [0.1, 0.15) is 11.6 Å². The summed E-state index contributed by atoms with van der Waals surface area (Å²) in [6.45, 7) is 2.03. The van der Waals surface area contributed by atoms with Crippen LogP contribution in [0.2, 0.25) is 0 Å². The lowest BCUT2D eigenvalue weighted by atomic mass is 10.1. The molecule has 1 N–H and O–H groups in total. The zero-order chi connectivity index (χ0) is 13.8. The summed E-state index contributed by atoms with van der Waals surface area (Å²) in [7, 11) is 0. The van der Waals surface area contributed by atoms with Crippen LogP contribution >= 0.6 is 15.9 Å². The van der Waals surface area contributed by atoms with Gasteiger partial charge in [0.15, 0.2) is 0 Å². The van der Waals surface area contributed by atoms with Gasteiger partial charge >= 0.3 is 0 Å². The van der Waals surface area contributed by atoms with Crippen molar-refractivity contribution in [3.63, 3.8) is 0 Å². The molecule has 0 aliphatic heterocycles. The van der Waals surface area contributed by atoms with Gasteiger partial charge < -0.3 is 5.32 Å². The van der Waals surface area contributed by atoms with E-state index in [4.69, 9.17) is 0 Å². The first-order valence-corrected chi connectivity index (χ1v) is 6.80. The summed E-state index contributed by atoms with van der Waals surface area (Å²) in [5, 5.41) is 3.28. The van der Waals surface area contributed by atoms with Crippen LogP contribution in [0, 0.1) is 11.6 Å². The van der Waals surface area contributed by atoms with Crippen molar-refractivity contribution in [1.29, 1.82) is 0 Å². The molecule has 0 bridgehead atoms. The summed E-state index contributed by atoms with van der Waals surface area (Å²) in [5.41, 5.74) is 1.91. The average molecular weight is 326 g/mol. The van der Waals surface area contributed by atoms with Gasteiger partial charge in [0.05, 0.1) is 4.47 Å². The van der Waals surface area contributed by atoms with Gasteiger partial charge in [-0.15, -0.1) is 0 Å². The molecule has 0 fully saturated rings. The Kier molecular flexibility index (Phi) is 4.53. The number of halogens is 3. The summed E-state index contributed by atoms with van der Waals surface area (Å²) in [4.78, 5) is 0. The lowest BCUT2D eigenvalue weighted by molar-refractivity contribution is 0.621. The van der Waals surface area contributed by atoms with Crippen LogP contribution in [0.15, 0.2) is 46.9 Å². The summed E-state index contributed by atoms with van der Waals surface area (Å²) >= 11 is 3.15. The van der Waals surface area contributed by atoms with E-state index >= 15 is 0 Å². The van der Waals surface area contributed by atoms with Gasteiger partial charge in [0.25, 0.3) is 0 Å². The van der Waals surface area contributed by atoms with E-state index in [1.54, 1.807) is 24.3 Å². The molecule has 2 aromatic rings. The first-order chi connectivity index (χ1) is 9.04. The number of hydrogen-bond acceptors (Lipinski definition) is 1. The van der Waals surface area contributed by atoms with E-state index < -0.39 is 0 Å². The molecular weight excluding hydrogens is 312 g/mol. The van der Waals surface area contributed by atoms with Crippen LogP contribution in [-0.4, -0.2) is 6.04 Å². The van der Waals surface area contributed by atoms with Crippen LogP contribution in [0.1, 0.15) is 12.5 Å². The second-order valence-corrected chi connectivity index (χ2v) is 5.36. The first kappa shape index (κ1) is 14.0. The van der Waals surface area contributed by atoms with Crippen molar-refractivity contribution >= 4 is 21.6 Å². The molecule has 19 heavy (non-hydrogen) atoms. The van der Waals surface area contributed by atoms with E-state index in [1.807, 2.05) is 6.92 Å². The minimum Gasteiger partial charge on any atom is -0.382 e. The maximum absolute atomic E-state index is 13.1. The van der Waals surface area contributed by atoms with Crippen LogP contribution in [0.4, 0.5) is 14.5 Å². The topological polar surface area (TPSA) is 12.0 Å². The molecule has 100 valence electrons. The predicted octanol–water partition coefficient (Wildman–Crippen LogP) is 4.77. The van der Waals surface area contributed by atoms with E-state index in [-0.39, 0.29) is 17.7 Å². The molecule has 0 aliphatic carbocycles. The maximum Gasteiger partial charge on any atom is 0.137 e. The Morgan fingerprint density at radius 2 is 1.79 bits per heavy atom. The molecule has 0 aliphatic rings. The van der Waals surface area contributed by atoms with Crippen LogP contribution < -0.4 is 5.32 Å². The quantitative estimate of drug-likeness (QED) is 0.853. The highest BCUT2D eigenvalue weighted by molar-refractivity contribution is 9.10. The molecule has 0 radical (unpaired) electrons. The summed E-state index contributed by atoms with van der Waals surface area (Å²) in [6, 6.07) is 11.4. The summed E-state index contributed by atoms with van der Waals surface area (Å²) < 4.78 is 26.3. The smallest absolute Gasteiger partial charge is 0.137 e. The normalized spacial score (nSPS) is 12.2. The lowest BCUT2D eigenvalue weighted by Crippen LogP contribution is -2.18. The van der Waals surface area contributed by atoms with Gasteiger partial charge in [-0.1, -0.05) is 12.1 Å². The van der Waals surface area contributed by atoms with Crippen LogP contribution in [0.25, 0.3) is 0 Å². The van der Waals surface area contributed by atoms with E-state index in [2.05, 4.69) is 21.2 Å². The molecule has 0 saturated heterocycles. The second kappa shape index (κ2) is 6.15. The summed E-state index contributed by atoms with van der Waals surface area (Å²) in [5.74, 6) is -0.511. The van der Waals surface area contributed by atoms with Gasteiger partial charge in [0.2, 0.25) is 0 Å². The molecular formula is C15H14BrF2N. The molecule has 1 atom stereocenters. The van der Waals surface area contributed by atoms with Crippen LogP contribution in [-0.2, 0) is 6.42 Å². The molecule has 0 amide bonds. The third kappa shape index (κ3) is 4.03. The lowest BCUT2D eigenvalue weighted by Gasteiger charge is -2.15. The molecule has 4 heteroatoms. The highest BCUT2D eigenvalue weighted by Crippen LogP contribution is 2.21. The van der Waals surface area contributed by atoms with Crippen molar-refractivity contribution in [3.8, 4) is 0 Å². The van der Waals surface area contributed by atoms with Gasteiger partial charge in [-0.25, -0.2) is 8.78 Å². The minimum atomic E-state index is -0.281. The molecule has 0 saturated carbocycles. The minimum absolute atomic E-state index is 0.169. The largest absolute Gasteiger partial charge is 0.382 e. The van der Waals surface area contributed by atoms with Crippen molar-refractivity contribution in [2.75, 3.05) is 5.32 Å². The van der Waals surface area contributed by atoms with Crippen LogP contribution in [0.5, 0.6) is 0 Å². The standard InChI is InChI=1S/C15H14BrF2N/c1-10(8-11-2-4-12(17)5-3-11)19-13-6-7-15(18)14(16)9-13/h2-7,9-10,19H,8H2,1H3. The maximum atomic E-state index is 13.1. The van der Waals surface area contributed by atoms with Gasteiger partial charge in [0, 0.05) is 11.7 Å². The van der Waals surface area contributed by atoms with Crippen molar-refractivity contribution in [2.45, 2.75) is 19.4 Å². The number of anilines is 1. The molecule has 2 aromatic carbocycles. The van der Waals surface area contributed by atoms with Crippen molar-refractivity contribution in [1.82, 2.24) is 0 Å². The van der Waals surface area contributed by atoms with Gasteiger partial charge in [-0.3, -0.25) is 0 Å². The predicted molar refractivity (Wildman–Crippen MR) is 77.3 cm³/mol. The summed E-state index contributed by atoms with van der Waals surface area (Å²) in [6.07, 6.45) is 0.773. The second-order valence-electron chi connectivity index (χ2n) is 4.50. The van der Waals surface area contributed by atoms with Gasteiger partial charge in [-0.2, -0.15) is 0 Å². The van der Waals surface area contributed by atoms with Crippen LogP contribution in [0.3, 0.4) is 0 Å². The molecule has 1 nitrogen and oxygen atoms in total. The Morgan fingerprint density at radius 1 is 1.11 bits per heavy atom. The Balaban J connectivity index is 1.98. The average Bonchev–Trinajstić information content (AvgIpc) is 2.37. The number of benzene rings is 2. The van der Waals surface area contributed by atoms with E-state index in [9.17, 15) is 8.78 Å². The van der Waals surface area contributed by atoms with E-state index in [1.165, 1.54) is 18.2 Å². The molecule has 0 spiro atoms. The Labute approximate surface area is 119 Å². The fraction of sp³-hybridized carbons (Fsp3) is 0.200. The third-order valence-electron chi connectivity index (χ3n) is 2.79. The number of nitrogens with one attached hydrogen (secondary N) is 1. The molecule has 0 aromatic heterocycles. The highest BCUT2D eigenvalue weighted by atomic mass is 79.9. The number of hydrogen-bond donors (Lipinski definition) is 1. The number of rotatable bonds is 4. The van der Waals surface area contributed by atoms with Gasteiger partial charge in [-0.05, 0) is 65.2 Å². The monoisotopic (exact) mass is 325 g/mol. The Hall–Kier alpha value is -1.42. The third-order valence-corrected chi connectivity index (χ3v) is 3.40. The van der Waals surface area contributed by atoms with Crippen molar-refractivity contribution < 1.29 is 8.78 Å². The zero-order valence-electron chi connectivity index (χ0n) is 10.5. The Bertz CT molecular complexity index is 555. The van der Waals surface area contributed by atoms with E-state index in [0.29, 0.717) is 4.47 Å². The zero-order valence-corrected chi connectivity index (χ0v) is 12.0. The fourth-order valence-electron chi connectivity index (χ4n) is 1.90.